The fourth-order valence-electron chi connectivity index (χ4n) is 4.23. The number of hydrogen-bond donors (Lipinski definition) is 4. The maximum Gasteiger partial charge on any atom is 0.247 e. The van der Waals surface area contributed by atoms with Crippen molar-refractivity contribution in [3.8, 4) is 17.0 Å². The highest BCUT2D eigenvalue weighted by atomic mass is 16.5. The van der Waals surface area contributed by atoms with Crippen LogP contribution in [0, 0.1) is 0 Å². The van der Waals surface area contributed by atoms with Crippen LogP contribution in [0.3, 0.4) is 0 Å². The molecular weight excluding hydrogens is 454 g/mol. The molecule has 1 amide bonds. The molecule has 5 rings (SSSR count). The topological polar surface area (TPSA) is 113 Å². The molecule has 2 aromatic carbocycles. The van der Waals surface area contributed by atoms with Gasteiger partial charge in [-0.1, -0.05) is 24.8 Å². The van der Waals surface area contributed by atoms with Crippen molar-refractivity contribution in [3.63, 3.8) is 0 Å². The minimum atomic E-state index is -0.310. The second-order valence-electron chi connectivity index (χ2n) is 8.40. The van der Waals surface area contributed by atoms with E-state index in [-0.39, 0.29) is 5.91 Å². The third-order valence-electron chi connectivity index (χ3n) is 6.00. The van der Waals surface area contributed by atoms with Crippen LogP contribution in [0.1, 0.15) is 6.42 Å². The molecule has 4 N–H and O–H groups in total. The van der Waals surface area contributed by atoms with E-state index in [4.69, 9.17) is 9.72 Å². The summed E-state index contributed by atoms with van der Waals surface area (Å²) in [5.74, 6) is 0.791. The SMILES string of the molecule is C=CC(=O)Nc1cccnc1-c1cccc2cnc(Nc3ccc(N[C@H]4CCNC4)cc3OC)nc12. The van der Waals surface area contributed by atoms with E-state index in [1.165, 1.54) is 6.08 Å². The van der Waals surface area contributed by atoms with E-state index in [1.54, 1.807) is 31.6 Å². The summed E-state index contributed by atoms with van der Waals surface area (Å²) in [4.78, 5) is 25.8. The average Bonchev–Trinajstić information content (AvgIpc) is 3.42. The molecule has 182 valence electrons. The van der Waals surface area contributed by atoms with Crippen molar-refractivity contribution in [2.45, 2.75) is 12.5 Å². The van der Waals surface area contributed by atoms with Gasteiger partial charge in [0.25, 0.3) is 0 Å². The third kappa shape index (κ3) is 4.96. The minimum Gasteiger partial charge on any atom is -0.494 e. The van der Waals surface area contributed by atoms with Gasteiger partial charge < -0.3 is 26.0 Å². The zero-order chi connectivity index (χ0) is 24.9. The van der Waals surface area contributed by atoms with Gasteiger partial charge in [-0.3, -0.25) is 9.78 Å². The van der Waals surface area contributed by atoms with Crippen molar-refractivity contribution >= 4 is 39.8 Å². The van der Waals surface area contributed by atoms with Crippen molar-refractivity contribution in [1.82, 2.24) is 20.3 Å². The number of benzene rings is 2. The Balaban J connectivity index is 1.47. The van der Waals surface area contributed by atoms with Crippen LogP contribution in [0.2, 0.25) is 0 Å². The second kappa shape index (κ2) is 10.4. The van der Waals surface area contributed by atoms with Crippen LogP contribution in [-0.2, 0) is 4.79 Å². The molecule has 4 aromatic rings. The molecule has 0 bridgehead atoms. The van der Waals surface area contributed by atoms with E-state index in [0.29, 0.717) is 34.6 Å². The van der Waals surface area contributed by atoms with Gasteiger partial charge in [-0.05, 0) is 43.3 Å². The van der Waals surface area contributed by atoms with Crippen LogP contribution in [0.15, 0.2) is 73.6 Å². The first-order valence-corrected chi connectivity index (χ1v) is 11.7. The fraction of sp³-hybridized carbons (Fsp3) is 0.185. The monoisotopic (exact) mass is 481 g/mol. The predicted octanol–water partition coefficient (Wildman–Crippen LogP) is 4.34. The number of hydrogen-bond acceptors (Lipinski definition) is 8. The first-order chi connectivity index (χ1) is 17.6. The normalized spacial score (nSPS) is 14.9. The standard InChI is InChI=1S/C27H27N7O2/c1-3-24(35)32-22-8-5-12-29-26(22)20-7-4-6-17-15-30-27(34-25(17)20)33-21-10-9-18(14-23(21)36-2)31-19-11-13-28-16-19/h3-10,12,14-15,19,28,31H,1,11,13,16H2,2H3,(H,32,35)(H,30,33,34)/t19-/m0/s1. The Morgan fingerprint density at radius 1 is 1.17 bits per heavy atom. The van der Waals surface area contributed by atoms with Crippen LogP contribution in [0.5, 0.6) is 5.75 Å². The average molecular weight is 482 g/mol. The smallest absolute Gasteiger partial charge is 0.247 e. The maximum absolute atomic E-state index is 12.0. The first-order valence-electron chi connectivity index (χ1n) is 11.7. The Hall–Kier alpha value is -4.50. The molecule has 9 nitrogen and oxygen atoms in total. The zero-order valence-corrected chi connectivity index (χ0v) is 19.9. The lowest BCUT2D eigenvalue weighted by Crippen LogP contribution is -2.22. The molecule has 36 heavy (non-hydrogen) atoms. The van der Waals surface area contributed by atoms with E-state index in [0.717, 1.165) is 41.8 Å². The summed E-state index contributed by atoms with van der Waals surface area (Å²) in [6, 6.07) is 15.7. The lowest BCUT2D eigenvalue weighted by atomic mass is 10.1. The summed E-state index contributed by atoms with van der Waals surface area (Å²) >= 11 is 0. The van der Waals surface area contributed by atoms with Gasteiger partial charge in [-0.15, -0.1) is 0 Å². The largest absolute Gasteiger partial charge is 0.494 e. The fourth-order valence-corrected chi connectivity index (χ4v) is 4.23. The zero-order valence-electron chi connectivity index (χ0n) is 19.9. The number of para-hydroxylation sites is 1. The number of anilines is 4. The van der Waals surface area contributed by atoms with Crippen molar-refractivity contribution in [2.24, 2.45) is 0 Å². The minimum absolute atomic E-state index is 0.310. The number of nitrogens with zero attached hydrogens (tertiary/aromatic N) is 3. The molecule has 0 unspecified atom stereocenters. The number of aromatic nitrogens is 3. The molecule has 9 heteroatoms. The lowest BCUT2D eigenvalue weighted by Gasteiger charge is -2.16. The van der Waals surface area contributed by atoms with E-state index < -0.39 is 0 Å². The number of fused-ring (bicyclic) bond motifs is 1. The Labute approximate surface area is 209 Å². The number of methoxy groups -OCH3 is 1. The van der Waals surface area contributed by atoms with Crippen molar-refractivity contribution in [2.75, 3.05) is 36.1 Å². The number of ether oxygens (including phenoxy) is 1. The van der Waals surface area contributed by atoms with Crippen molar-refractivity contribution in [3.05, 3.63) is 73.6 Å². The highest BCUT2D eigenvalue weighted by Gasteiger charge is 2.16. The predicted molar refractivity (Wildman–Crippen MR) is 143 cm³/mol. The molecule has 0 spiro atoms. The number of pyridine rings is 1. The third-order valence-corrected chi connectivity index (χ3v) is 6.00. The quantitative estimate of drug-likeness (QED) is 0.275. The van der Waals surface area contributed by atoms with Gasteiger partial charge in [-0.25, -0.2) is 9.97 Å². The molecular formula is C27H27N7O2. The second-order valence-corrected chi connectivity index (χ2v) is 8.40. The highest BCUT2D eigenvalue weighted by molar-refractivity contribution is 6.03. The van der Waals surface area contributed by atoms with Gasteiger partial charge in [-0.2, -0.15) is 0 Å². The van der Waals surface area contributed by atoms with Crippen LogP contribution in [-0.4, -0.2) is 47.1 Å². The van der Waals surface area contributed by atoms with Gasteiger partial charge >= 0.3 is 0 Å². The summed E-state index contributed by atoms with van der Waals surface area (Å²) in [6.45, 7) is 5.50. The van der Waals surface area contributed by atoms with Crippen molar-refractivity contribution in [1.29, 1.82) is 0 Å². The summed E-state index contributed by atoms with van der Waals surface area (Å²) < 4.78 is 5.63. The van der Waals surface area contributed by atoms with Gasteiger partial charge in [0.05, 0.1) is 29.7 Å². The lowest BCUT2D eigenvalue weighted by molar-refractivity contribution is -0.111. The highest BCUT2D eigenvalue weighted by Crippen LogP contribution is 2.33. The van der Waals surface area contributed by atoms with E-state index in [1.807, 2.05) is 36.4 Å². The van der Waals surface area contributed by atoms with Gasteiger partial charge in [0.2, 0.25) is 11.9 Å². The molecule has 1 aliphatic rings. The Morgan fingerprint density at radius 2 is 2.08 bits per heavy atom. The summed E-state index contributed by atoms with van der Waals surface area (Å²) in [5, 5.41) is 13.8. The van der Waals surface area contributed by atoms with Crippen LogP contribution < -0.4 is 26.0 Å². The number of rotatable bonds is 8. The van der Waals surface area contributed by atoms with Gasteiger partial charge in [0, 0.05) is 47.7 Å². The van der Waals surface area contributed by atoms with E-state index in [2.05, 4.69) is 37.8 Å². The molecule has 0 aliphatic carbocycles. The number of amides is 1. The molecule has 0 radical (unpaired) electrons. The molecule has 0 saturated carbocycles. The Kier molecular flexibility index (Phi) is 6.72. The van der Waals surface area contributed by atoms with Crippen LogP contribution >= 0.6 is 0 Å². The summed E-state index contributed by atoms with van der Waals surface area (Å²) in [6.07, 6.45) is 5.75. The Morgan fingerprint density at radius 3 is 2.89 bits per heavy atom. The summed E-state index contributed by atoms with van der Waals surface area (Å²) in [5.41, 5.74) is 4.41. The number of carbonyl (C=O) groups excluding carboxylic acids is 1. The van der Waals surface area contributed by atoms with Crippen molar-refractivity contribution < 1.29 is 9.53 Å². The molecule has 1 saturated heterocycles. The first kappa shape index (κ1) is 23.3. The molecule has 2 aromatic heterocycles. The molecule has 1 aliphatic heterocycles. The van der Waals surface area contributed by atoms with Crippen LogP contribution in [0.4, 0.5) is 23.0 Å². The molecule has 3 heterocycles. The Bertz CT molecular complexity index is 1420. The van der Waals surface area contributed by atoms with Gasteiger partial charge in [0.1, 0.15) is 5.75 Å². The summed E-state index contributed by atoms with van der Waals surface area (Å²) in [7, 11) is 1.64. The molecule has 1 fully saturated rings. The van der Waals surface area contributed by atoms with E-state index >= 15 is 0 Å². The molecule has 1 atom stereocenters. The van der Waals surface area contributed by atoms with E-state index in [9.17, 15) is 4.79 Å². The number of nitrogens with one attached hydrogen (secondary N) is 4. The maximum atomic E-state index is 12.0. The van der Waals surface area contributed by atoms with Crippen LogP contribution in [0.25, 0.3) is 22.2 Å². The number of carbonyl (C=O) groups is 1. The van der Waals surface area contributed by atoms with Gasteiger partial charge in [0.15, 0.2) is 0 Å².